The van der Waals surface area contributed by atoms with E-state index in [0.29, 0.717) is 51.0 Å². The zero-order valence-electron chi connectivity index (χ0n) is 29.7. The van der Waals surface area contributed by atoms with E-state index in [1.165, 1.54) is 17.4 Å². The molecule has 1 aliphatic carbocycles. The van der Waals surface area contributed by atoms with Gasteiger partial charge in [0.25, 0.3) is 17.4 Å². The summed E-state index contributed by atoms with van der Waals surface area (Å²) in [5.74, 6) is 0.143. The fraction of sp³-hybridized carbons (Fsp3) is 0.225. The SMILES string of the molecule is Cc1cc(-n2cc(-c3ccn4nc(N)c(C(=O)N[C@@H](C)c5cc6cccc(Cl)c6c(=O)n5-c5ccccc5)c4n3)nn2)cc2c1C(=O)N([C@@H](C)C1CC1)C2. The van der Waals surface area contributed by atoms with Gasteiger partial charge in [-0.3, -0.25) is 19.0 Å². The number of nitrogens with zero attached hydrogens (tertiary/aromatic N) is 8. The van der Waals surface area contributed by atoms with Gasteiger partial charge < -0.3 is 16.0 Å². The number of benzene rings is 3. The molecule has 270 valence electrons. The minimum absolute atomic E-state index is 0.00745. The van der Waals surface area contributed by atoms with Crippen molar-refractivity contribution in [2.24, 2.45) is 5.92 Å². The van der Waals surface area contributed by atoms with Gasteiger partial charge in [-0.15, -0.1) is 10.2 Å². The van der Waals surface area contributed by atoms with Gasteiger partial charge in [0.15, 0.2) is 11.5 Å². The molecule has 2 aliphatic rings. The molecule has 5 heterocycles. The van der Waals surface area contributed by atoms with Gasteiger partial charge in [-0.2, -0.15) is 0 Å². The quantitative estimate of drug-likeness (QED) is 0.190. The van der Waals surface area contributed by atoms with E-state index in [1.807, 2.05) is 66.4 Å². The van der Waals surface area contributed by atoms with Gasteiger partial charge in [0.2, 0.25) is 0 Å². The molecule has 4 aromatic heterocycles. The van der Waals surface area contributed by atoms with E-state index in [2.05, 4.69) is 27.7 Å². The first-order valence-corrected chi connectivity index (χ1v) is 18.2. The van der Waals surface area contributed by atoms with Crippen LogP contribution in [-0.2, 0) is 6.54 Å². The molecule has 0 spiro atoms. The molecule has 1 fully saturated rings. The zero-order valence-corrected chi connectivity index (χ0v) is 30.4. The van der Waals surface area contributed by atoms with Crippen LogP contribution in [0.15, 0.2) is 90.0 Å². The number of anilines is 1. The minimum Gasteiger partial charge on any atom is -0.381 e. The lowest BCUT2D eigenvalue weighted by Crippen LogP contribution is -2.34. The first-order chi connectivity index (χ1) is 26.1. The average Bonchev–Trinajstić information content (AvgIpc) is 3.64. The number of nitrogens with two attached hydrogens (primary N) is 1. The van der Waals surface area contributed by atoms with Crippen molar-refractivity contribution in [1.29, 1.82) is 0 Å². The third kappa shape index (κ3) is 5.50. The Balaban J connectivity index is 1.02. The third-order valence-corrected chi connectivity index (χ3v) is 10.9. The molecule has 2 amide bonds. The summed E-state index contributed by atoms with van der Waals surface area (Å²) in [5, 5.41) is 17.5. The number of nitrogens with one attached hydrogen (secondary N) is 1. The maximum atomic E-state index is 14.0. The van der Waals surface area contributed by atoms with Crippen LogP contribution in [0.3, 0.4) is 0 Å². The second-order valence-electron chi connectivity index (χ2n) is 14.1. The maximum absolute atomic E-state index is 14.0. The number of fused-ring (bicyclic) bond motifs is 3. The number of carbonyl (C=O) groups is 2. The number of para-hydroxylation sites is 1. The second kappa shape index (κ2) is 12.7. The Labute approximate surface area is 314 Å². The van der Waals surface area contributed by atoms with Crippen molar-refractivity contribution < 1.29 is 9.59 Å². The lowest BCUT2D eigenvalue weighted by Gasteiger charge is -2.24. The number of carbonyl (C=O) groups excluding carboxylic acids is 2. The normalized spacial score (nSPS) is 15.2. The van der Waals surface area contributed by atoms with Crippen molar-refractivity contribution in [1.82, 2.24) is 44.4 Å². The first-order valence-electron chi connectivity index (χ1n) is 17.8. The summed E-state index contributed by atoms with van der Waals surface area (Å²) in [7, 11) is 0. The third-order valence-electron chi connectivity index (χ3n) is 10.6. The van der Waals surface area contributed by atoms with Crippen LogP contribution in [0.4, 0.5) is 5.82 Å². The second-order valence-corrected chi connectivity index (χ2v) is 14.5. The average molecular weight is 739 g/mol. The summed E-state index contributed by atoms with van der Waals surface area (Å²) in [6, 6.07) is 21.6. The summed E-state index contributed by atoms with van der Waals surface area (Å²) in [6.45, 7) is 6.46. The van der Waals surface area contributed by atoms with Crippen molar-refractivity contribution in [2.45, 2.75) is 52.2 Å². The Morgan fingerprint density at radius 3 is 2.56 bits per heavy atom. The van der Waals surface area contributed by atoms with Gasteiger partial charge in [-0.25, -0.2) is 14.2 Å². The lowest BCUT2D eigenvalue weighted by molar-refractivity contribution is 0.0696. The largest absolute Gasteiger partial charge is 0.381 e. The molecule has 13 nitrogen and oxygen atoms in total. The summed E-state index contributed by atoms with van der Waals surface area (Å²) in [6.07, 6.45) is 5.76. The number of nitrogen functional groups attached to an aromatic ring is 1. The van der Waals surface area contributed by atoms with Crippen molar-refractivity contribution in [2.75, 3.05) is 5.73 Å². The lowest BCUT2D eigenvalue weighted by atomic mass is 10.0. The highest BCUT2D eigenvalue weighted by molar-refractivity contribution is 6.35. The van der Waals surface area contributed by atoms with Crippen molar-refractivity contribution in [3.05, 3.63) is 129 Å². The number of aromatic nitrogens is 7. The molecule has 0 saturated heterocycles. The van der Waals surface area contributed by atoms with Crippen LogP contribution >= 0.6 is 11.6 Å². The topological polar surface area (TPSA) is 158 Å². The highest BCUT2D eigenvalue weighted by Crippen LogP contribution is 2.39. The van der Waals surface area contributed by atoms with Crippen LogP contribution in [0.5, 0.6) is 0 Å². The Bertz CT molecular complexity index is 2730. The number of pyridine rings is 1. The molecule has 7 aromatic rings. The predicted octanol–water partition coefficient (Wildman–Crippen LogP) is 6.07. The Morgan fingerprint density at radius 1 is 0.981 bits per heavy atom. The molecule has 9 rings (SSSR count). The van der Waals surface area contributed by atoms with Crippen molar-refractivity contribution in [3.63, 3.8) is 0 Å². The van der Waals surface area contributed by atoms with Crippen LogP contribution < -0.4 is 16.6 Å². The Kier molecular flexibility index (Phi) is 7.85. The van der Waals surface area contributed by atoms with E-state index in [1.54, 1.807) is 46.8 Å². The molecule has 2 atom stereocenters. The Hall–Kier alpha value is -6.34. The number of aryl methyl sites for hydroxylation is 1. The molecule has 3 N–H and O–H groups in total. The van der Waals surface area contributed by atoms with Crippen LogP contribution in [0.1, 0.15) is 70.3 Å². The van der Waals surface area contributed by atoms with Crippen molar-refractivity contribution >= 4 is 45.7 Å². The van der Waals surface area contributed by atoms with Crippen molar-refractivity contribution in [3.8, 4) is 22.8 Å². The van der Waals surface area contributed by atoms with E-state index >= 15 is 0 Å². The van der Waals surface area contributed by atoms with Gasteiger partial charge in [0.1, 0.15) is 11.3 Å². The summed E-state index contributed by atoms with van der Waals surface area (Å²) < 4.78 is 4.66. The van der Waals surface area contributed by atoms with Gasteiger partial charge in [0, 0.05) is 35.7 Å². The van der Waals surface area contributed by atoms with Gasteiger partial charge in [-0.1, -0.05) is 47.1 Å². The molecule has 1 saturated carbocycles. The molecule has 3 aromatic carbocycles. The standard InChI is InChI=1S/C40H35ClN10O3/c1-21-16-28(17-26-19-48(39(53)33(21)26)23(3)24-12-13-24)50-20-31(45-47-50)30-14-15-49-37(44-30)35(36(42)46-49)38(52)43-22(2)32-18-25-8-7-11-29(41)34(25)40(54)51(32)27-9-5-4-6-10-27/h4-11,14-18,20,22-24H,12-13,19H2,1-3H3,(H2,42,46)(H,43,52)/t22-,23-/m0/s1. The zero-order chi connectivity index (χ0) is 37.4. The van der Waals surface area contributed by atoms with Gasteiger partial charge in [-0.05, 0) is 98.5 Å². The fourth-order valence-corrected chi connectivity index (χ4v) is 7.88. The number of hydrogen-bond acceptors (Lipinski definition) is 8. The first kappa shape index (κ1) is 33.5. The smallest absolute Gasteiger partial charge is 0.264 e. The monoisotopic (exact) mass is 738 g/mol. The molecule has 1 aliphatic heterocycles. The van der Waals surface area contributed by atoms with Gasteiger partial charge >= 0.3 is 0 Å². The van der Waals surface area contributed by atoms with Crippen LogP contribution in [0.2, 0.25) is 5.02 Å². The maximum Gasteiger partial charge on any atom is 0.264 e. The van der Waals surface area contributed by atoms with E-state index < -0.39 is 11.9 Å². The molecular weight excluding hydrogens is 704 g/mol. The van der Waals surface area contributed by atoms with Gasteiger partial charge in [0.05, 0.1) is 34.0 Å². The van der Waals surface area contributed by atoms with E-state index in [4.69, 9.17) is 22.3 Å². The van der Waals surface area contributed by atoms with Crippen LogP contribution in [0, 0.1) is 12.8 Å². The highest BCUT2D eigenvalue weighted by atomic mass is 35.5. The molecule has 0 unspecified atom stereocenters. The van der Waals surface area contributed by atoms with E-state index in [9.17, 15) is 14.4 Å². The van der Waals surface area contributed by atoms with Crippen LogP contribution in [0.25, 0.3) is 39.2 Å². The summed E-state index contributed by atoms with van der Waals surface area (Å²) in [5.41, 5.74) is 11.9. The van der Waals surface area contributed by atoms with E-state index in [-0.39, 0.29) is 34.5 Å². The number of hydrogen-bond donors (Lipinski definition) is 2. The molecule has 14 heteroatoms. The van der Waals surface area contributed by atoms with E-state index in [0.717, 1.165) is 22.4 Å². The highest BCUT2D eigenvalue weighted by Gasteiger charge is 2.39. The summed E-state index contributed by atoms with van der Waals surface area (Å²) in [4.78, 5) is 48.0. The molecule has 0 radical (unpaired) electrons. The molecular formula is C40H35ClN10O3. The fourth-order valence-electron chi connectivity index (χ4n) is 7.62. The molecule has 54 heavy (non-hydrogen) atoms. The number of halogens is 1. The predicted molar refractivity (Wildman–Crippen MR) is 205 cm³/mol. The summed E-state index contributed by atoms with van der Waals surface area (Å²) >= 11 is 6.49. The molecule has 0 bridgehead atoms. The van der Waals surface area contributed by atoms with Crippen LogP contribution in [-0.4, -0.2) is 56.9 Å². The Morgan fingerprint density at radius 2 is 1.78 bits per heavy atom. The number of rotatable bonds is 8. The number of amides is 2. The minimum atomic E-state index is -0.652.